The van der Waals surface area contributed by atoms with Gasteiger partial charge in [-0.05, 0) is 38.2 Å². The van der Waals surface area contributed by atoms with E-state index in [0.717, 1.165) is 55.5 Å². The quantitative estimate of drug-likeness (QED) is 0.725. The number of aromatic nitrogens is 1. The van der Waals surface area contributed by atoms with Crippen LogP contribution in [0.5, 0.6) is 0 Å². The smallest absolute Gasteiger partial charge is 0.268 e. The van der Waals surface area contributed by atoms with Crippen LogP contribution in [0, 0.1) is 6.92 Å². The third-order valence-electron chi connectivity index (χ3n) is 4.06. The molecule has 2 N–H and O–H groups in total. The van der Waals surface area contributed by atoms with Gasteiger partial charge in [0.2, 0.25) is 0 Å². The normalized spacial score (nSPS) is 14.0. The number of ketones is 1. The predicted octanol–water partition coefficient (Wildman–Crippen LogP) is 2.78. The molecule has 0 aromatic carbocycles. The number of Topliss-reactive ketones (excluding diaryl/α,β-unsaturated/α-hetero) is 1. The Hall–Kier alpha value is -1.62. The summed E-state index contributed by atoms with van der Waals surface area (Å²) in [4.78, 5) is 27.3. The monoisotopic (exact) mass is 306 g/mol. The highest BCUT2D eigenvalue weighted by Gasteiger charge is 2.25. The number of ether oxygens (including phenoxy) is 1. The van der Waals surface area contributed by atoms with Crippen molar-refractivity contribution >= 4 is 11.7 Å². The van der Waals surface area contributed by atoms with Crippen molar-refractivity contribution in [2.75, 3.05) is 19.8 Å². The van der Waals surface area contributed by atoms with E-state index in [9.17, 15) is 9.59 Å². The average molecular weight is 306 g/mol. The van der Waals surface area contributed by atoms with Crippen LogP contribution < -0.4 is 5.32 Å². The van der Waals surface area contributed by atoms with Gasteiger partial charge in [-0.2, -0.15) is 0 Å². The topological polar surface area (TPSA) is 71.2 Å². The summed E-state index contributed by atoms with van der Waals surface area (Å²) in [6.07, 6.45) is 5.30. The Morgan fingerprint density at radius 1 is 1.27 bits per heavy atom. The van der Waals surface area contributed by atoms with Gasteiger partial charge in [-0.3, -0.25) is 9.59 Å². The number of hydrogen-bond donors (Lipinski definition) is 2. The molecule has 2 rings (SSSR count). The minimum atomic E-state index is -0.131. The van der Waals surface area contributed by atoms with E-state index in [1.165, 1.54) is 0 Å². The standard InChI is InChI=1S/C17H26N2O3/c1-3-4-10-22-11-6-9-18-17(21)16-12(2)15-13(19-16)7-5-8-14(15)20/h19H,3-11H2,1-2H3,(H,18,21). The van der Waals surface area contributed by atoms with Gasteiger partial charge in [-0.15, -0.1) is 0 Å². The van der Waals surface area contributed by atoms with E-state index < -0.39 is 0 Å². The second-order valence-electron chi connectivity index (χ2n) is 5.83. The molecular weight excluding hydrogens is 280 g/mol. The first-order valence-corrected chi connectivity index (χ1v) is 8.25. The van der Waals surface area contributed by atoms with Crippen LogP contribution in [0.1, 0.15) is 71.1 Å². The molecule has 1 heterocycles. The van der Waals surface area contributed by atoms with Crippen molar-refractivity contribution in [2.45, 2.75) is 52.4 Å². The van der Waals surface area contributed by atoms with Crippen LogP contribution >= 0.6 is 0 Å². The molecule has 1 aromatic rings. The van der Waals surface area contributed by atoms with E-state index in [4.69, 9.17) is 4.74 Å². The van der Waals surface area contributed by atoms with E-state index in [0.29, 0.717) is 25.3 Å². The first-order valence-electron chi connectivity index (χ1n) is 8.25. The van der Waals surface area contributed by atoms with E-state index >= 15 is 0 Å². The van der Waals surface area contributed by atoms with Crippen LogP contribution in [0.2, 0.25) is 0 Å². The lowest BCUT2D eigenvalue weighted by molar-refractivity contribution is 0.0934. The van der Waals surface area contributed by atoms with Crippen LogP contribution in [0.25, 0.3) is 0 Å². The van der Waals surface area contributed by atoms with Gasteiger partial charge in [0.05, 0.1) is 0 Å². The van der Waals surface area contributed by atoms with Crippen molar-refractivity contribution in [3.63, 3.8) is 0 Å². The van der Waals surface area contributed by atoms with Gasteiger partial charge in [0.1, 0.15) is 5.69 Å². The lowest BCUT2D eigenvalue weighted by Gasteiger charge is -2.09. The lowest BCUT2D eigenvalue weighted by Crippen LogP contribution is -2.26. The number of aryl methyl sites for hydroxylation is 1. The number of fused-ring (bicyclic) bond motifs is 1. The molecule has 0 fully saturated rings. The van der Waals surface area contributed by atoms with E-state index in [1.54, 1.807) is 0 Å². The summed E-state index contributed by atoms with van der Waals surface area (Å²) in [6, 6.07) is 0. The van der Waals surface area contributed by atoms with Crippen molar-refractivity contribution in [1.82, 2.24) is 10.3 Å². The van der Waals surface area contributed by atoms with Crippen LogP contribution in [0.4, 0.5) is 0 Å². The maximum absolute atomic E-state index is 12.2. The fourth-order valence-corrected chi connectivity index (χ4v) is 2.81. The third kappa shape index (κ3) is 3.97. The molecule has 1 amide bonds. The summed E-state index contributed by atoms with van der Waals surface area (Å²) in [5.74, 6) is 0.0200. The van der Waals surface area contributed by atoms with Crippen molar-refractivity contribution in [1.29, 1.82) is 0 Å². The summed E-state index contributed by atoms with van der Waals surface area (Å²) >= 11 is 0. The van der Waals surface area contributed by atoms with Crippen molar-refractivity contribution in [2.24, 2.45) is 0 Å². The number of aromatic amines is 1. The number of rotatable bonds is 8. The molecule has 0 spiro atoms. The molecule has 0 saturated heterocycles. The summed E-state index contributed by atoms with van der Waals surface area (Å²) < 4.78 is 5.46. The number of nitrogens with one attached hydrogen (secondary N) is 2. The maximum Gasteiger partial charge on any atom is 0.268 e. The SMILES string of the molecule is CCCCOCCCNC(=O)c1[nH]c2c(c1C)C(=O)CCC2. The summed E-state index contributed by atoms with van der Waals surface area (Å²) in [6.45, 7) is 6.02. The fourth-order valence-electron chi connectivity index (χ4n) is 2.81. The number of carbonyl (C=O) groups is 2. The third-order valence-corrected chi connectivity index (χ3v) is 4.06. The maximum atomic E-state index is 12.2. The Morgan fingerprint density at radius 2 is 2.05 bits per heavy atom. The lowest BCUT2D eigenvalue weighted by atomic mass is 9.94. The molecule has 1 aromatic heterocycles. The van der Waals surface area contributed by atoms with Gasteiger partial charge in [-0.25, -0.2) is 0 Å². The largest absolute Gasteiger partial charge is 0.381 e. The Kier molecular flexibility index (Phi) is 6.19. The molecule has 0 atom stereocenters. The number of amides is 1. The van der Waals surface area contributed by atoms with E-state index in [-0.39, 0.29) is 11.7 Å². The van der Waals surface area contributed by atoms with Gasteiger partial charge in [0, 0.05) is 37.4 Å². The second-order valence-corrected chi connectivity index (χ2v) is 5.83. The Labute approximate surface area is 131 Å². The zero-order valence-corrected chi connectivity index (χ0v) is 13.6. The average Bonchev–Trinajstić information content (AvgIpc) is 2.84. The van der Waals surface area contributed by atoms with Crippen molar-refractivity contribution in [3.8, 4) is 0 Å². The van der Waals surface area contributed by atoms with Gasteiger partial charge in [0.25, 0.3) is 5.91 Å². The number of hydrogen-bond acceptors (Lipinski definition) is 3. The highest BCUT2D eigenvalue weighted by molar-refractivity contribution is 6.04. The molecule has 0 radical (unpaired) electrons. The molecule has 5 heteroatoms. The van der Waals surface area contributed by atoms with Crippen molar-refractivity contribution in [3.05, 3.63) is 22.5 Å². The molecular formula is C17H26N2O3. The fraction of sp³-hybridized carbons (Fsp3) is 0.647. The minimum absolute atomic E-state index is 0.131. The summed E-state index contributed by atoms with van der Waals surface area (Å²) in [5, 5.41) is 2.89. The summed E-state index contributed by atoms with van der Waals surface area (Å²) in [7, 11) is 0. The predicted molar refractivity (Wildman–Crippen MR) is 85.5 cm³/mol. The van der Waals surface area contributed by atoms with Gasteiger partial charge in [0.15, 0.2) is 5.78 Å². The Balaban J connectivity index is 1.82. The molecule has 22 heavy (non-hydrogen) atoms. The molecule has 1 aliphatic carbocycles. The molecule has 1 aliphatic rings. The van der Waals surface area contributed by atoms with Gasteiger partial charge < -0.3 is 15.0 Å². The zero-order chi connectivity index (χ0) is 15.9. The van der Waals surface area contributed by atoms with E-state index in [1.807, 2.05) is 6.92 Å². The Bertz CT molecular complexity index is 534. The number of unbranched alkanes of at least 4 members (excludes halogenated alkanes) is 1. The summed E-state index contributed by atoms with van der Waals surface area (Å²) in [5.41, 5.74) is 2.98. The molecule has 0 saturated carbocycles. The number of H-pyrrole nitrogens is 1. The second kappa shape index (κ2) is 8.13. The first-order chi connectivity index (χ1) is 10.6. The zero-order valence-electron chi connectivity index (χ0n) is 13.6. The molecule has 5 nitrogen and oxygen atoms in total. The van der Waals surface area contributed by atoms with Crippen LogP contribution in [-0.2, 0) is 11.2 Å². The number of carbonyl (C=O) groups excluding carboxylic acids is 2. The van der Waals surface area contributed by atoms with Gasteiger partial charge >= 0.3 is 0 Å². The molecule has 0 aliphatic heterocycles. The van der Waals surface area contributed by atoms with Crippen LogP contribution in [0.3, 0.4) is 0 Å². The highest BCUT2D eigenvalue weighted by atomic mass is 16.5. The first kappa shape index (κ1) is 16.7. The Morgan fingerprint density at radius 3 is 2.77 bits per heavy atom. The minimum Gasteiger partial charge on any atom is -0.381 e. The highest BCUT2D eigenvalue weighted by Crippen LogP contribution is 2.26. The molecule has 0 unspecified atom stereocenters. The van der Waals surface area contributed by atoms with Crippen LogP contribution in [-0.4, -0.2) is 36.4 Å². The van der Waals surface area contributed by atoms with E-state index in [2.05, 4.69) is 17.2 Å². The van der Waals surface area contributed by atoms with Crippen LogP contribution in [0.15, 0.2) is 0 Å². The van der Waals surface area contributed by atoms with Crippen molar-refractivity contribution < 1.29 is 14.3 Å². The van der Waals surface area contributed by atoms with Gasteiger partial charge in [-0.1, -0.05) is 13.3 Å². The molecule has 122 valence electrons. The molecule has 0 bridgehead atoms.